The SMILES string of the molecule is NC(N)=O.OC[C@@H](O)[C@H](O)[C@@H](O)CO. The van der Waals surface area contributed by atoms with Crippen molar-refractivity contribution in [3.8, 4) is 0 Å². The summed E-state index contributed by atoms with van der Waals surface area (Å²) in [5, 5.41) is 42.6. The molecule has 0 radical (unpaired) electrons. The first-order valence-corrected chi connectivity index (χ1v) is 3.67. The van der Waals surface area contributed by atoms with Gasteiger partial charge < -0.3 is 37.0 Å². The molecule has 0 spiro atoms. The van der Waals surface area contributed by atoms with Crippen LogP contribution in [0.5, 0.6) is 0 Å². The molecule has 0 heterocycles. The van der Waals surface area contributed by atoms with E-state index in [0.717, 1.165) is 0 Å². The second-order valence-corrected chi connectivity index (χ2v) is 2.39. The zero-order chi connectivity index (χ0) is 11.7. The molecule has 0 unspecified atom stereocenters. The van der Waals surface area contributed by atoms with Crippen molar-refractivity contribution in [2.45, 2.75) is 18.3 Å². The molecule has 0 aliphatic carbocycles. The van der Waals surface area contributed by atoms with Gasteiger partial charge in [-0.05, 0) is 0 Å². The Morgan fingerprint density at radius 1 is 1.00 bits per heavy atom. The van der Waals surface area contributed by atoms with Crippen LogP contribution in [0, 0.1) is 0 Å². The Morgan fingerprint density at radius 2 is 1.21 bits per heavy atom. The number of hydrogen-bond acceptors (Lipinski definition) is 6. The highest BCUT2D eigenvalue weighted by Crippen LogP contribution is 1.97. The molecule has 0 fully saturated rings. The first-order chi connectivity index (χ1) is 6.36. The minimum Gasteiger partial charge on any atom is -0.394 e. The van der Waals surface area contributed by atoms with Crippen LogP contribution in [0.4, 0.5) is 4.79 Å². The van der Waals surface area contributed by atoms with Crippen molar-refractivity contribution in [1.82, 2.24) is 0 Å². The molecule has 0 aromatic rings. The lowest BCUT2D eigenvalue weighted by atomic mass is 10.1. The molecule has 2 amide bonds. The Bertz CT molecular complexity index is 141. The van der Waals surface area contributed by atoms with E-state index in [0.29, 0.717) is 0 Å². The van der Waals surface area contributed by atoms with Gasteiger partial charge in [0, 0.05) is 0 Å². The van der Waals surface area contributed by atoms with Crippen molar-refractivity contribution in [2.75, 3.05) is 13.2 Å². The topological polar surface area (TPSA) is 170 Å². The third-order valence-electron chi connectivity index (χ3n) is 1.16. The van der Waals surface area contributed by atoms with Gasteiger partial charge in [-0.25, -0.2) is 4.79 Å². The lowest BCUT2D eigenvalue weighted by molar-refractivity contribution is -0.0900. The Balaban J connectivity index is 0. The highest BCUT2D eigenvalue weighted by molar-refractivity contribution is 5.69. The van der Waals surface area contributed by atoms with Gasteiger partial charge in [0.1, 0.15) is 18.3 Å². The van der Waals surface area contributed by atoms with E-state index in [-0.39, 0.29) is 0 Å². The minimum absolute atomic E-state index is 0.641. The summed E-state index contributed by atoms with van der Waals surface area (Å²) in [5.74, 6) is 0. The van der Waals surface area contributed by atoms with Crippen LogP contribution < -0.4 is 11.5 Å². The maximum Gasteiger partial charge on any atom is 0.309 e. The molecule has 3 atom stereocenters. The number of aliphatic hydroxyl groups excluding tert-OH is 5. The van der Waals surface area contributed by atoms with Crippen LogP contribution >= 0.6 is 0 Å². The highest BCUT2D eigenvalue weighted by Gasteiger charge is 2.22. The summed E-state index contributed by atoms with van der Waals surface area (Å²) in [6.45, 7) is -1.28. The normalized spacial score (nSPS) is 16.1. The van der Waals surface area contributed by atoms with Crippen molar-refractivity contribution < 1.29 is 30.3 Å². The number of urea groups is 1. The lowest BCUT2D eigenvalue weighted by Crippen LogP contribution is -2.41. The average Bonchev–Trinajstić information content (AvgIpc) is 2.13. The molecular weight excluding hydrogens is 196 g/mol. The largest absolute Gasteiger partial charge is 0.394 e. The maximum atomic E-state index is 9.00. The number of rotatable bonds is 4. The molecule has 0 aliphatic rings. The number of carbonyl (C=O) groups is 1. The number of primary amides is 2. The summed E-state index contributed by atoms with van der Waals surface area (Å²) in [7, 11) is 0. The summed E-state index contributed by atoms with van der Waals surface area (Å²) < 4.78 is 0. The smallest absolute Gasteiger partial charge is 0.309 e. The molecule has 0 bridgehead atoms. The van der Waals surface area contributed by atoms with E-state index in [1.165, 1.54) is 0 Å². The number of amides is 2. The molecular formula is C6H16N2O6. The van der Waals surface area contributed by atoms with E-state index < -0.39 is 37.6 Å². The summed E-state index contributed by atoms with van der Waals surface area (Å²) in [6, 6.07) is -0.833. The summed E-state index contributed by atoms with van der Waals surface area (Å²) in [5.41, 5.74) is 8.50. The number of aliphatic hydroxyl groups is 5. The summed E-state index contributed by atoms with van der Waals surface area (Å²) in [6.07, 6.45) is -4.29. The monoisotopic (exact) mass is 212 g/mol. The summed E-state index contributed by atoms with van der Waals surface area (Å²) in [4.78, 5) is 9.00. The van der Waals surface area contributed by atoms with Crippen molar-refractivity contribution >= 4 is 6.03 Å². The van der Waals surface area contributed by atoms with E-state index >= 15 is 0 Å². The molecule has 86 valence electrons. The van der Waals surface area contributed by atoms with Crippen LogP contribution in [-0.2, 0) is 0 Å². The maximum absolute atomic E-state index is 9.00. The predicted octanol–water partition coefficient (Wildman–Crippen LogP) is -3.92. The molecule has 0 rings (SSSR count). The van der Waals surface area contributed by atoms with Crippen LogP contribution in [0.2, 0.25) is 0 Å². The molecule has 0 aromatic heterocycles. The van der Waals surface area contributed by atoms with Gasteiger partial charge in [0.15, 0.2) is 0 Å². The number of nitrogens with two attached hydrogens (primary N) is 2. The van der Waals surface area contributed by atoms with Gasteiger partial charge in [0.25, 0.3) is 0 Å². The molecule has 0 saturated heterocycles. The quantitative estimate of drug-likeness (QED) is 0.251. The number of hydrogen-bond donors (Lipinski definition) is 7. The Morgan fingerprint density at radius 3 is 1.36 bits per heavy atom. The van der Waals surface area contributed by atoms with E-state index in [4.69, 9.17) is 30.3 Å². The molecule has 0 aromatic carbocycles. The van der Waals surface area contributed by atoms with Gasteiger partial charge in [0.05, 0.1) is 13.2 Å². The molecule has 8 nitrogen and oxygen atoms in total. The standard InChI is InChI=1S/C5H12O5.CH4N2O/c6-1-3(8)5(10)4(9)2-7;2-1(3)4/h3-10H,1-2H2;(H4,2,3,4)/t3-,4+,5+;. The van der Waals surface area contributed by atoms with Crippen molar-refractivity contribution in [3.05, 3.63) is 0 Å². The Labute approximate surface area is 80.4 Å². The van der Waals surface area contributed by atoms with Crippen LogP contribution in [0.15, 0.2) is 0 Å². The summed E-state index contributed by atoms with van der Waals surface area (Å²) >= 11 is 0. The van der Waals surface area contributed by atoms with E-state index in [1.807, 2.05) is 0 Å². The molecule has 14 heavy (non-hydrogen) atoms. The van der Waals surface area contributed by atoms with Gasteiger partial charge in [-0.1, -0.05) is 0 Å². The third kappa shape index (κ3) is 9.16. The lowest BCUT2D eigenvalue weighted by Gasteiger charge is -2.19. The third-order valence-corrected chi connectivity index (χ3v) is 1.16. The Kier molecular flexibility index (Phi) is 9.61. The van der Waals surface area contributed by atoms with E-state index in [9.17, 15) is 0 Å². The van der Waals surface area contributed by atoms with Crippen LogP contribution in [0.1, 0.15) is 0 Å². The van der Waals surface area contributed by atoms with Crippen LogP contribution in [-0.4, -0.2) is 63.1 Å². The fraction of sp³-hybridized carbons (Fsp3) is 0.833. The van der Waals surface area contributed by atoms with Crippen molar-refractivity contribution in [1.29, 1.82) is 0 Å². The van der Waals surface area contributed by atoms with Gasteiger partial charge >= 0.3 is 6.03 Å². The fourth-order valence-electron chi connectivity index (χ4n) is 0.472. The molecule has 0 saturated carbocycles. The number of carbonyl (C=O) groups excluding carboxylic acids is 1. The predicted molar refractivity (Wildman–Crippen MR) is 46.0 cm³/mol. The Hall–Kier alpha value is -0.930. The van der Waals surface area contributed by atoms with Gasteiger partial charge in [0.2, 0.25) is 0 Å². The van der Waals surface area contributed by atoms with Crippen LogP contribution in [0.25, 0.3) is 0 Å². The minimum atomic E-state index is -1.49. The van der Waals surface area contributed by atoms with Crippen molar-refractivity contribution in [2.24, 2.45) is 11.5 Å². The zero-order valence-electron chi connectivity index (χ0n) is 7.45. The zero-order valence-corrected chi connectivity index (χ0v) is 7.45. The van der Waals surface area contributed by atoms with Gasteiger partial charge in [-0.3, -0.25) is 0 Å². The second kappa shape index (κ2) is 8.66. The molecule has 8 heteroatoms. The van der Waals surface area contributed by atoms with Gasteiger partial charge in [-0.2, -0.15) is 0 Å². The van der Waals surface area contributed by atoms with Crippen LogP contribution in [0.3, 0.4) is 0 Å². The highest BCUT2D eigenvalue weighted by atomic mass is 16.4. The molecule has 0 aliphatic heterocycles. The van der Waals surface area contributed by atoms with E-state index in [2.05, 4.69) is 11.5 Å². The first kappa shape index (κ1) is 15.5. The second-order valence-electron chi connectivity index (χ2n) is 2.39. The molecule has 9 N–H and O–H groups in total. The first-order valence-electron chi connectivity index (χ1n) is 3.67. The van der Waals surface area contributed by atoms with Crippen molar-refractivity contribution in [3.63, 3.8) is 0 Å². The average molecular weight is 212 g/mol. The van der Waals surface area contributed by atoms with Gasteiger partial charge in [-0.15, -0.1) is 0 Å². The van der Waals surface area contributed by atoms with E-state index in [1.54, 1.807) is 0 Å². The fourth-order valence-corrected chi connectivity index (χ4v) is 0.472.